The number of hydrogen-bond acceptors (Lipinski definition) is 10. The van der Waals surface area contributed by atoms with E-state index in [1.807, 2.05) is 6.08 Å². The lowest BCUT2D eigenvalue weighted by Gasteiger charge is -2.50. The number of allylic oxidation sites excluding steroid dienone is 2. The highest BCUT2D eigenvalue weighted by atomic mass is 35.5. The molecule has 4 aromatic rings. The molecule has 6 unspecified atom stereocenters. The zero-order valence-corrected chi connectivity index (χ0v) is 31.7. The predicted octanol–water partition coefficient (Wildman–Crippen LogP) is 5.97. The van der Waals surface area contributed by atoms with Crippen LogP contribution in [0.1, 0.15) is 40.2 Å². The summed E-state index contributed by atoms with van der Waals surface area (Å²) in [5.74, 6) is -7.59. The molecule has 4 amide bonds. The quantitative estimate of drug-likeness (QED) is 0.109. The number of rotatable bonds is 10. The van der Waals surface area contributed by atoms with Gasteiger partial charge in [0.2, 0.25) is 11.8 Å². The van der Waals surface area contributed by atoms with Crippen molar-refractivity contribution in [2.45, 2.75) is 24.2 Å². The summed E-state index contributed by atoms with van der Waals surface area (Å²) in [5.41, 5.74) is 3.13. The largest absolute Gasteiger partial charge is 0.507 e. The third-order valence-electron chi connectivity index (χ3n) is 11.6. The van der Waals surface area contributed by atoms with Crippen LogP contribution >= 0.6 is 23.2 Å². The van der Waals surface area contributed by atoms with Crippen molar-refractivity contribution in [3.63, 3.8) is 0 Å². The third-order valence-corrected chi connectivity index (χ3v) is 12.2. The number of methoxy groups -OCH3 is 1. The Bertz CT molecular complexity index is 2370. The van der Waals surface area contributed by atoms with Crippen molar-refractivity contribution in [2.24, 2.45) is 23.7 Å². The molecule has 2 aliphatic carbocycles. The molecular weight excluding hydrogens is 777 g/mol. The first-order valence-electron chi connectivity index (χ1n) is 18.1. The molecule has 13 nitrogen and oxygen atoms in total. The number of hydrazine groups is 1. The van der Waals surface area contributed by atoms with Crippen LogP contribution in [0.25, 0.3) is 0 Å². The van der Waals surface area contributed by atoms with Crippen LogP contribution in [-0.4, -0.2) is 70.3 Å². The zero-order chi connectivity index (χ0) is 40.3. The number of fused-ring (bicyclic) bond motifs is 4. The third kappa shape index (κ3) is 5.99. The molecule has 0 spiro atoms. The molecule has 0 bridgehead atoms. The maximum absolute atomic E-state index is 15.4. The molecule has 4 aromatic carbocycles. The summed E-state index contributed by atoms with van der Waals surface area (Å²) in [7, 11) is 1.52. The van der Waals surface area contributed by atoms with Gasteiger partial charge in [0.25, 0.3) is 11.8 Å². The van der Waals surface area contributed by atoms with E-state index in [0.717, 1.165) is 22.0 Å². The Kier molecular flexibility index (Phi) is 9.71. The molecule has 4 N–H and O–H groups in total. The van der Waals surface area contributed by atoms with Gasteiger partial charge in [0, 0.05) is 17.0 Å². The fraction of sp³-hybridized carbons (Fsp3) is 0.262. The van der Waals surface area contributed by atoms with Gasteiger partial charge in [-0.1, -0.05) is 59.1 Å². The van der Waals surface area contributed by atoms with E-state index in [1.165, 1.54) is 19.2 Å². The predicted molar refractivity (Wildman–Crippen MR) is 207 cm³/mol. The van der Waals surface area contributed by atoms with Gasteiger partial charge in [-0.15, -0.1) is 0 Å². The fourth-order valence-corrected chi connectivity index (χ4v) is 9.68. The average molecular weight is 813 g/mol. The van der Waals surface area contributed by atoms with Gasteiger partial charge in [-0.25, -0.2) is 9.69 Å². The van der Waals surface area contributed by atoms with Crippen LogP contribution in [-0.2, 0) is 24.6 Å². The second kappa shape index (κ2) is 14.6. The molecule has 0 radical (unpaired) electrons. The second-order valence-corrected chi connectivity index (χ2v) is 15.2. The first-order valence-corrected chi connectivity index (χ1v) is 18.9. The van der Waals surface area contributed by atoms with Crippen molar-refractivity contribution < 1.29 is 48.8 Å². The van der Waals surface area contributed by atoms with E-state index in [1.54, 1.807) is 60.7 Å². The Morgan fingerprint density at radius 2 is 1.61 bits per heavy atom. The molecule has 0 aromatic heterocycles. The van der Waals surface area contributed by atoms with Crippen molar-refractivity contribution in [3.05, 3.63) is 123 Å². The van der Waals surface area contributed by atoms with Crippen LogP contribution in [0.2, 0.25) is 10.0 Å². The number of amides is 4. The molecule has 2 aliphatic heterocycles. The van der Waals surface area contributed by atoms with Crippen molar-refractivity contribution in [2.75, 3.05) is 30.6 Å². The molecule has 292 valence electrons. The van der Waals surface area contributed by atoms with Gasteiger partial charge in [0.1, 0.15) is 29.4 Å². The van der Waals surface area contributed by atoms with Crippen molar-refractivity contribution >= 4 is 64.2 Å². The topological polar surface area (TPSA) is 183 Å². The molecule has 8 rings (SSSR count). The van der Waals surface area contributed by atoms with Crippen LogP contribution in [0.4, 0.5) is 11.4 Å². The number of nitrogens with zero attached hydrogens (tertiary/aromatic N) is 2. The molecule has 3 fully saturated rings. The first-order chi connectivity index (χ1) is 27.4. The average Bonchev–Trinajstić information content (AvgIpc) is 3.58. The Balaban J connectivity index is 1.30. The van der Waals surface area contributed by atoms with Gasteiger partial charge in [-0.05, 0) is 84.5 Å². The molecule has 15 heteroatoms. The summed E-state index contributed by atoms with van der Waals surface area (Å²) in [6, 6.07) is 22.1. The highest BCUT2D eigenvalue weighted by molar-refractivity contribution is 6.36. The van der Waals surface area contributed by atoms with Crippen LogP contribution < -0.4 is 19.8 Å². The summed E-state index contributed by atoms with van der Waals surface area (Å²) in [5, 5.41) is 30.8. The van der Waals surface area contributed by atoms with E-state index in [0.29, 0.717) is 33.2 Å². The highest BCUT2D eigenvalue weighted by Gasteiger charge is 2.70. The number of ether oxygens (including phenoxy) is 2. The van der Waals surface area contributed by atoms with Crippen molar-refractivity contribution in [1.82, 2.24) is 5.01 Å². The second-order valence-electron chi connectivity index (χ2n) is 14.4. The number of phenols is 1. The lowest BCUT2D eigenvalue weighted by molar-refractivity contribution is -0.138. The number of hydrogen-bond donors (Lipinski definition) is 4. The number of imide groups is 2. The van der Waals surface area contributed by atoms with Gasteiger partial charge < -0.3 is 24.8 Å². The molecular formula is C42H35Cl2N3O10. The number of carbonyl (C=O) groups excluding carboxylic acids is 4. The number of aliphatic hydroxyl groups excluding tert-OH is 1. The molecule has 4 aliphatic rings. The number of aromatic carboxylic acids is 1. The van der Waals surface area contributed by atoms with Gasteiger partial charge in [0.15, 0.2) is 0 Å². The lowest BCUT2D eigenvalue weighted by atomic mass is 9.49. The number of carboxylic acid groups (broad SMARTS) is 1. The van der Waals surface area contributed by atoms with Crippen molar-refractivity contribution in [3.8, 4) is 17.2 Å². The molecule has 6 atom stereocenters. The molecule has 2 saturated heterocycles. The maximum Gasteiger partial charge on any atom is 0.339 e. The number of anilines is 2. The maximum atomic E-state index is 15.4. The normalized spacial score (nSPS) is 25.1. The molecule has 57 heavy (non-hydrogen) atoms. The number of benzene rings is 4. The summed E-state index contributed by atoms with van der Waals surface area (Å²) in [6.07, 6.45) is 2.05. The van der Waals surface area contributed by atoms with Gasteiger partial charge in [0.05, 0.1) is 53.3 Å². The number of aliphatic hydroxyl groups is 1. The first kappa shape index (κ1) is 38.0. The van der Waals surface area contributed by atoms with Crippen LogP contribution in [0.3, 0.4) is 0 Å². The molecule has 2 heterocycles. The zero-order valence-electron chi connectivity index (χ0n) is 30.2. The van der Waals surface area contributed by atoms with Crippen LogP contribution in [0, 0.1) is 23.7 Å². The van der Waals surface area contributed by atoms with E-state index in [4.69, 9.17) is 32.7 Å². The number of nitrogens with one attached hydrogen (secondary N) is 1. The number of halogens is 2. The van der Waals surface area contributed by atoms with Crippen LogP contribution in [0.5, 0.6) is 17.2 Å². The van der Waals surface area contributed by atoms with E-state index >= 15 is 4.79 Å². The summed E-state index contributed by atoms with van der Waals surface area (Å²) in [4.78, 5) is 71.7. The Labute approximate surface area is 336 Å². The molecule has 1 saturated carbocycles. The van der Waals surface area contributed by atoms with Gasteiger partial charge in [-0.3, -0.25) is 24.6 Å². The minimum atomic E-state index is -1.58. The SMILES string of the molecule is COc1ccc(C23C(=O)N(Nc4ccc(Cl)cc4Cl)C(=O)C2CC2C(=CCC4C(=O)N(c5ccc(C(=O)O)c(O)c5)C(=O)C42)C3c2ccc(OCCO)cc2)cc1. The van der Waals surface area contributed by atoms with E-state index < -0.39 is 70.4 Å². The Hall–Kier alpha value is -5.89. The Morgan fingerprint density at radius 1 is 0.895 bits per heavy atom. The minimum absolute atomic E-state index is 0.0143. The number of carboxylic acids is 1. The van der Waals surface area contributed by atoms with Gasteiger partial charge in [-0.2, -0.15) is 5.01 Å². The smallest absolute Gasteiger partial charge is 0.339 e. The lowest BCUT2D eigenvalue weighted by Crippen LogP contribution is -2.53. The highest BCUT2D eigenvalue weighted by Crippen LogP contribution is 2.64. The van der Waals surface area contributed by atoms with Gasteiger partial charge >= 0.3 is 5.97 Å². The summed E-state index contributed by atoms with van der Waals surface area (Å²) in [6.45, 7) is -0.144. The van der Waals surface area contributed by atoms with E-state index in [-0.39, 0.29) is 48.0 Å². The summed E-state index contributed by atoms with van der Waals surface area (Å²) >= 11 is 12.7. The summed E-state index contributed by atoms with van der Waals surface area (Å²) < 4.78 is 11.1. The standard InChI is InChI=1S/C42H35Cl2N3O10/c1-56-25-10-4-22(5-11-25)42-31(38(51)47(41(42)55)45-33-15-6-23(43)18-32(33)44)20-30-27(36(42)21-2-8-26(9-3-21)57-17-16-48)13-14-29-35(30)39(52)46(37(29)50)24-7-12-28(40(53)54)34(49)19-24/h2-13,15,18-19,29-31,35-36,45,48-49H,14,16-17,20H2,1H3,(H,53,54). The van der Waals surface area contributed by atoms with E-state index in [9.17, 15) is 34.5 Å². The minimum Gasteiger partial charge on any atom is -0.507 e. The van der Waals surface area contributed by atoms with E-state index in [2.05, 4.69) is 5.43 Å². The fourth-order valence-electron chi connectivity index (χ4n) is 9.23. The number of carbonyl (C=O) groups is 5. The Morgan fingerprint density at radius 3 is 2.26 bits per heavy atom. The number of aromatic hydroxyl groups is 1. The van der Waals surface area contributed by atoms with Crippen LogP contribution in [0.15, 0.2) is 96.6 Å². The monoisotopic (exact) mass is 811 g/mol. The van der Waals surface area contributed by atoms with Crippen molar-refractivity contribution in [1.29, 1.82) is 0 Å².